The van der Waals surface area contributed by atoms with E-state index in [1.54, 1.807) is 0 Å². The fourth-order valence-corrected chi connectivity index (χ4v) is 2.45. The Morgan fingerprint density at radius 3 is 2.71 bits per heavy atom. The van der Waals surface area contributed by atoms with E-state index >= 15 is 0 Å². The second-order valence-electron chi connectivity index (χ2n) is 4.23. The molecule has 0 aliphatic carbocycles. The Morgan fingerprint density at radius 2 is 2.24 bits per heavy atom. The maximum absolute atomic E-state index is 5.88. The average molecular weight is 297 g/mol. The first kappa shape index (κ1) is 14.3. The Hall–Kier alpha value is -0.800. The van der Waals surface area contributed by atoms with Gasteiger partial charge in [-0.05, 0) is 47.0 Å². The number of nitrogens with zero attached hydrogens (tertiary/aromatic N) is 1. The molecule has 0 aliphatic rings. The molecule has 0 bridgehead atoms. The molecule has 17 heavy (non-hydrogen) atoms. The number of rotatable bonds is 6. The Morgan fingerprint density at radius 1 is 1.53 bits per heavy atom. The summed E-state index contributed by atoms with van der Waals surface area (Å²) in [4.78, 5) is 2.31. The Labute approximate surface area is 113 Å². The van der Waals surface area contributed by atoms with Gasteiger partial charge in [0, 0.05) is 23.6 Å². The molecule has 1 atom stereocenters. The van der Waals surface area contributed by atoms with Crippen LogP contribution >= 0.6 is 15.9 Å². The second-order valence-corrected chi connectivity index (χ2v) is 5.09. The Kier molecular flexibility index (Phi) is 5.72. The second kappa shape index (κ2) is 6.82. The molecular formula is C14H21BrN2. The van der Waals surface area contributed by atoms with Crippen LogP contribution in [0.3, 0.4) is 0 Å². The smallest absolute Gasteiger partial charge is 0.0513 e. The molecular weight excluding hydrogens is 276 g/mol. The summed E-state index contributed by atoms with van der Waals surface area (Å²) in [7, 11) is 0. The molecule has 0 aromatic heterocycles. The maximum atomic E-state index is 5.88. The van der Waals surface area contributed by atoms with Crippen LogP contribution in [0.15, 0.2) is 35.3 Å². The zero-order chi connectivity index (χ0) is 12.8. The number of anilines is 1. The lowest BCUT2D eigenvalue weighted by Gasteiger charge is -2.24. The van der Waals surface area contributed by atoms with Gasteiger partial charge in [-0.25, -0.2) is 0 Å². The predicted octanol–water partition coefficient (Wildman–Crippen LogP) is 3.87. The fourth-order valence-electron chi connectivity index (χ4n) is 1.80. The van der Waals surface area contributed by atoms with E-state index in [4.69, 9.17) is 5.73 Å². The molecule has 94 valence electrons. The van der Waals surface area contributed by atoms with E-state index in [1.165, 1.54) is 5.69 Å². The monoisotopic (exact) mass is 296 g/mol. The zero-order valence-electron chi connectivity index (χ0n) is 10.6. The van der Waals surface area contributed by atoms with E-state index in [-0.39, 0.29) is 6.04 Å². The molecule has 2 N–H and O–H groups in total. The van der Waals surface area contributed by atoms with Crippen LogP contribution in [0.2, 0.25) is 0 Å². The highest BCUT2D eigenvalue weighted by atomic mass is 79.9. The number of halogens is 1. The molecule has 0 heterocycles. The van der Waals surface area contributed by atoms with Crippen molar-refractivity contribution in [2.45, 2.75) is 26.3 Å². The fraction of sp³-hybridized carbons (Fsp3) is 0.429. The minimum absolute atomic E-state index is 0.0689. The largest absolute Gasteiger partial charge is 0.367 e. The first-order valence-electron chi connectivity index (χ1n) is 6.01. The molecule has 0 fully saturated rings. The molecule has 1 unspecified atom stereocenters. The van der Waals surface area contributed by atoms with Crippen LogP contribution in [0.4, 0.5) is 5.69 Å². The van der Waals surface area contributed by atoms with Crippen LogP contribution in [0, 0.1) is 0 Å². The van der Waals surface area contributed by atoms with Crippen molar-refractivity contribution in [2.75, 3.05) is 18.0 Å². The molecule has 1 aromatic carbocycles. The van der Waals surface area contributed by atoms with E-state index in [0.717, 1.165) is 29.5 Å². The quantitative estimate of drug-likeness (QED) is 0.808. The van der Waals surface area contributed by atoms with Crippen molar-refractivity contribution in [2.24, 2.45) is 5.73 Å². The predicted molar refractivity (Wildman–Crippen MR) is 79.4 cm³/mol. The summed E-state index contributed by atoms with van der Waals surface area (Å²) in [5, 5.41) is 0. The van der Waals surface area contributed by atoms with Crippen molar-refractivity contribution in [1.82, 2.24) is 0 Å². The molecule has 0 aliphatic heterocycles. The summed E-state index contributed by atoms with van der Waals surface area (Å²) in [5.74, 6) is 0. The lowest BCUT2D eigenvalue weighted by molar-refractivity contribution is 0.803. The van der Waals surface area contributed by atoms with Gasteiger partial charge in [0.25, 0.3) is 0 Å². The van der Waals surface area contributed by atoms with Crippen LogP contribution in [-0.4, -0.2) is 13.1 Å². The van der Waals surface area contributed by atoms with Gasteiger partial charge in [-0.2, -0.15) is 0 Å². The Balaban J connectivity index is 2.99. The lowest BCUT2D eigenvalue weighted by atomic mass is 10.1. The van der Waals surface area contributed by atoms with Crippen molar-refractivity contribution < 1.29 is 0 Å². The molecule has 0 amide bonds. The number of hydrogen-bond donors (Lipinski definition) is 1. The van der Waals surface area contributed by atoms with Crippen molar-refractivity contribution >= 4 is 21.6 Å². The molecule has 0 spiro atoms. The summed E-state index contributed by atoms with van der Waals surface area (Å²) in [6, 6.07) is 6.39. The summed E-state index contributed by atoms with van der Waals surface area (Å²) >= 11 is 3.62. The van der Waals surface area contributed by atoms with E-state index in [0.29, 0.717) is 0 Å². The van der Waals surface area contributed by atoms with Crippen molar-refractivity contribution in [3.8, 4) is 0 Å². The van der Waals surface area contributed by atoms with Gasteiger partial charge in [0.05, 0.1) is 5.69 Å². The van der Waals surface area contributed by atoms with Crippen LogP contribution in [-0.2, 0) is 0 Å². The normalized spacial score (nSPS) is 12.2. The van der Waals surface area contributed by atoms with Gasteiger partial charge in [0.15, 0.2) is 0 Å². The molecule has 1 aromatic rings. The number of benzene rings is 1. The summed E-state index contributed by atoms with van der Waals surface area (Å²) in [6.45, 7) is 9.88. The minimum atomic E-state index is 0.0689. The van der Waals surface area contributed by atoms with Crippen LogP contribution in [0.25, 0.3) is 0 Å². The standard InChI is InChI=1S/C14H21BrN2/c1-4-8-17(9-5-2)14-7-6-12(11(3)16)10-13(14)15/h4,6-7,10-11H,1,5,8-9,16H2,2-3H3. The van der Waals surface area contributed by atoms with Gasteiger partial charge >= 0.3 is 0 Å². The average Bonchev–Trinajstić information content (AvgIpc) is 2.28. The number of hydrogen-bond acceptors (Lipinski definition) is 2. The third kappa shape index (κ3) is 3.86. The highest BCUT2D eigenvalue weighted by Crippen LogP contribution is 2.29. The third-order valence-corrected chi connectivity index (χ3v) is 3.32. The highest BCUT2D eigenvalue weighted by molar-refractivity contribution is 9.10. The number of nitrogens with two attached hydrogens (primary N) is 1. The first-order valence-corrected chi connectivity index (χ1v) is 6.80. The van der Waals surface area contributed by atoms with Crippen molar-refractivity contribution in [3.05, 3.63) is 40.9 Å². The Bertz CT molecular complexity index is 374. The van der Waals surface area contributed by atoms with Gasteiger partial charge < -0.3 is 10.6 Å². The summed E-state index contributed by atoms with van der Waals surface area (Å²) in [6.07, 6.45) is 3.05. The van der Waals surface area contributed by atoms with E-state index in [2.05, 4.69) is 52.5 Å². The third-order valence-electron chi connectivity index (χ3n) is 2.68. The van der Waals surface area contributed by atoms with Gasteiger partial charge in [0.1, 0.15) is 0 Å². The molecule has 3 heteroatoms. The van der Waals surface area contributed by atoms with Gasteiger partial charge in [-0.15, -0.1) is 6.58 Å². The topological polar surface area (TPSA) is 29.3 Å². The van der Waals surface area contributed by atoms with Gasteiger partial charge in [-0.3, -0.25) is 0 Å². The van der Waals surface area contributed by atoms with Crippen molar-refractivity contribution in [3.63, 3.8) is 0 Å². The SMILES string of the molecule is C=CCN(CCC)c1ccc(C(C)N)cc1Br. The molecule has 0 radical (unpaired) electrons. The minimum Gasteiger partial charge on any atom is -0.367 e. The van der Waals surface area contributed by atoms with E-state index in [1.807, 2.05) is 13.0 Å². The van der Waals surface area contributed by atoms with Crippen molar-refractivity contribution in [1.29, 1.82) is 0 Å². The van der Waals surface area contributed by atoms with Gasteiger partial charge in [0.2, 0.25) is 0 Å². The zero-order valence-corrected chi connectivity index (χ0v) is 12.2. The molecule has 0 saturated carbocycles. The van der Waals surface area contributed by atoms with E-state index in [9.17, 15) is 0 Å². The summed E-state index contributed by atoms with van der Waals surface area (Å²) < 4.78 is 1.10. The van der Waals surface area contributed by atoms with Crippen LogP contribution in [0.5, 0.6) is 0 Å². The van der Waals surface area contributed by atoms with Gasteiger partial charge in [-0.1, -0.05) is 19.1 Å². The molecule has 2 nitrogen and oxygen atoms in total. The van der Waals surface area contributed by atoms with E-state index < -0.39 is 0 Å². The lowest BCUT2D eigenvalue weighted by Crippen LogP contribution is -2.24. The first-order chi connectivity index (χ1) is 8.10. The summed E-state index contributed by atoms with van der Waals surface area (Å²) in [5.41, 5.74) is 8.23. The van der Waals surface area contributed by atoms with Crippen LogP contribution < -0.4 is 10.6 Å². The highest BCUT2D eigenvalue weighted by Gasteiger charge is 2.09. The maximum Gasteiger partial charge on any atom is 0.0513 e. The molecule has 0 saturated heterocycles. The van der Waals surface area contributed by atoms with Crippen LogP contribution in [0.1, 0.15) is 31.9 Å². The molecule has 1 rings (SSSR count).